The summed E-state index contributed by atoms with van der Waals surface area (Å²) in [5.74, 6) is -0.111. The Bertz CT molecular complexity index is 471. The number of pyridine rings is 1. The van der Waals surface area contributed by atoms with E-state index in [1.165, 1.54) is 12.1 Å². The largest absolute Gasteiger partial charge is 0.595 e. The molecule has 14 heavy (non-hydrogen) atoms. The number of benzene rings is 1. The number of quaternary nitrogens is 1. The third-order valence-corrected chi connectivity index (χ3v) is 1.93. The van der Waals surface area contributed by atoms with Gasteiger partial charge in [0.25, 0.3) is 0 Å². The van der Waals surface area contributed by atoms with Crippen LogP contribution in [0.2, 0.25) is 0 Å². The molecule has 1 unspecified atom stereocenters. The van der Waals surface area contributed by atoms with Crippen molar-refractivity contribution >= 4 is 16.6 Å². The summed E-state index contributed by atoms with van der Waals surface area (Å²) in [6.45, 7) is 0. The van der Waals surface area contributed by atoms with Crippen molar-refractivity contribution in [1.82, 2.24) is 4.98 Å². The van der Waals surface area contributed by atoms with Crippen molar-refractivity contribution in [3.05, 3.63) is 35.7 Å². The van der Waals surface area contributed by atoms with E-state index in [0.717, 1.165) is 0 Å². The van der Waals surface area contributed by atoms with Crippen LogP contribution < -0.4 is 5.23 Å². The van der Waals surface area contributed by atoms with Gasteiger partial charge in [0.2, 0.25) is 0 Å². The van der Waals surface area contributed by atoms with E-state index < -0.39 is 5.23 Å². The smallest absolute Gasteiger partial charge is 0.168 e. The Kier molecular flexibility index (Phi) is 2.05. The highest BCUT2D eigenvalue weighted by Crippen LogP contribution is 2.24. The Morgan fingerprint density at radius 2 is 2.14 bits per heavy atom. The van der Waals surface area contributed by atoms with E-state index in [2.05, 4.69) is 4.98 Å². The van der Waals surface area contributed by atoms with Crippen molar-refractivity contribution in [3.63, 3.8) is 0 Å². The number of phenols is 1. The lowest BCUT2D eigenvalue weighted by Gasteiger charge is -2.12. The number of aromatic hydroxyl groups is 1. The molecule has 2 rings (SSSR count). The van der Waals surface area contributed by atoms with Gasteiger partial charge in [0.15, 0.2) is 5.69 Å². The van der Waals surface area contributed by atoms with Gasteiger partial charge in [0.05, 0.1) is 0 Å². The number of hydrogen-bond acceptors (Lipinski definition) is 4. The quantitative estimate of drug-likeness (QED) is 0.569. The van der Waals surface area contributed by atoms with Gasteiger partial charge in [-0.15, -0.1) is 0 Å². The number of rotatable bonds is 1. The zero-order valence-corrected chi connectivity index (χ0v) is 7.14. The van der Waals surface area contributed by atoms with Crippen LogP contribution in [0.4, 0.5) is 5.69 Å². The van der Waals surface area contributed by atoms with E-state index in [0.29, 0.717) is 10.9 Å². The van der Waals surface area contributed by atoms with Crippen molar-refractivity contribution in [2.24, 2.45) is 0 Å². The number of aromatic nitrogens is 1. The van der Waals surface area contributed by atoms with Gasteiger partial charge in [-0.1, -0.05) is 6.07 Å². The monoisotopic (exact) mass is 192 g/mol. The average Bonchev–Trinajstić information content (AvgIpc) is 2.17. The Morgan fingerprint density at radius 1 is 1.36 bits per heavy atom. The fraction of sp³-hybridized carbons (Fsp3) is 0. The first-order valence-corrected chi connectivity index (χ1v) is 3.99. The Labute approximate surface area is 79.4 Å². The van der Waals surface area contributed by atoms with Crippen molar-refractivity contribution < 1.29 is 15.5 Å². The van der Waals surface area contributed by atoms with E-state index in [1.54, 1.807) is 18.3 Å². The van der Waals surface area contributed by atoms with E-state index in [9.17, 15) is 10.3 Å². The summed E-state index contributed by atoms with van der Waals surface area (Å²) >= 11 is 0. The highest BCUT2D eigenvalue weighted by molar-refractivity contribution is 5.86. The molecular weight excluding hydrogens is 184 g/mol. The molecule has 72 valence electrons. The predicted octanol–water partition coefficient (Wildman–Crippen LogP) is 0.344. The van der Waals surface area contributed by atoms with Gasteiger partial charge in [-0.3, -0.25) is 4.98 Å². The fourth-order valence-corrected chi connectivity index (χ4v) is 1.30. The molecule has 5 nitrogen and oxygen atoms in total. The summed E-state index contributed by atoms with van der Waals surface area (Å²) in [5.41, 5.74) is 0.473. The summed E-state index contributed by atoms with van der Waals surface area (Å²) in [5, 5.41) is 28.4. The van der Waals surface area contributed by atoms with Gasteiger partial charge < -0.3 is 10.3 Å². The second-order valence-corrected chi connectivity index (χ2v) is 2.88. The van der Waals surface area contributed by atoms with Gasteiger partial charge in [0.1, 0.15) is 11.3 Å². The van der Waals surface area contributed by atoms with Crippen molar-refractivity contribution in [1.29, 1.82) is 0 Å². The van der Waals surface area contributed by atoms with Crippen LogP contribution in [0.5, 0.6) is 5.75 Å². The topological polar surface area (TPSA) is 80.9 Å². The second-order valence-electron chi connectivity index (χ2n) is 2.88. The summed E-state index contributed by atoms with van der Waals surface area (Å²) < 4.78 is 0. The van der Waals surface area contributed by atoms with Crippen molar-refractivity contribution in [2.45, 2.75) is 0 Å². The van der Waals surface area contributed by atoms with Crippen LogP contribution in [0, 0.1) is 5.21 Å². The van der Waals surface area contributed by atoms with Crippen LogP contribution in [0.1, 0.15) is 0 Å². The van der Waals surface area contributed by atoms with Crippen LogP contribution in [0.3, 0.4) is 0 Å². The number of fused-ring (bicyclic) bond motifs is 1. The molecule has 0 radical (unpaired) electrons. The minimum atomic E-state index is -1.06. The van der Waals surface area contributed by atoms with Crippen LogP contribution in [-0.2, 0) is 0 Å². The lowest BCUT2D eigenvalue weighted by molar-refractivity contribution is -0.991. The average molecular weight is 192 g/mol. The fourth-order valence-electron chi connectivity index (χ4n) is 1.30. The molecule has 0 aliphatic rings. The van der Waals surface area contributed by atoms with Gasteiger partial charge in [-0.2, -0.15) is 5.23 Å². The lowest BCUT2D eigenvalue weighted by atomic mass is 10.2. The summed E-state index contributed by atoms with van der Waals surface area (Å²) in [7, 11) is 0. The summed E-state index contributed by atoms with van der Waals surface area (Å²) in [6, 6.07) is 6.06. The summed E-state index contributed by atoms with van der Waals surface area (Å²) in [4.78, 5) is 3.94. The first-order valence-electron chi connectivity index (χ1n) is 3.99. The molecule has 0 aliphatic carbocycles. The molecule has 0 bridgehead atoms. The molecule has 1 atom stereocenters. The predicted molar refractivity (Wildman–Crippen MR) is 49.2 cm³/mol. The van der Waals surface area contributed by atoms with E-state index >= 15 is 0 Å². The molecule has 0 amide bonds. The zero-order chi connectivity index (χ0) is 10.1. The third-order valence-electron chi connectivity index (χ3n) is 1.93. The molecule has 1 aromatic heterocycles. The molecule has 0 fully saturated rings. The first-order chi connectivity index (χ1) is 6.68. The molecular formula is C9H8N2O3. The number of nitrogens with one attached hydrogen (secondary N) is 1. The first kappa shape index (κ1) is 8.89. The minimum Gasteiger partial charge on any atom is -0.595 e. The highest BCUT2D eigenvalue weighted by atomic mass is 16.8. The van der Waals surface area contributed by atoms with Crippen LogP contribution in [0.25, 0.3) is 10.9 Å². The molecule has 0 spiro atoms. The zero-order valence-electron chi connectivity index (χ0n) is 7.14. The lowest BCUT2D eigenvalue weighted by Crippen LogP contribution is -2.99. The van der Waals surface area contributed by atoms with Crippen LogP contribution in [0.15, 0.2) is 30.5 Å². The number of hydrogen-bond donors (Lipinski definition) is 3. The van der Waals surface area contributed by atoms with Crippen molar-refractivity contribution in [3.8, 4) is 5.75 Å². The summed E-state index contributed by atoms with van der Waals surface area (Å²) in [6.07, 6.45) is 1.54. The molecule has 2 aromatic rings. The Morgan fingerprint density at radius 3 is 2.86 bits per heavy atom. The third kappa shape index (κ3) is 1.39. The van der Waals surface area contributed by atoms with Gasteiger partial charge >= 0.3 is 0 Å². The van der Waals surface area contributed by atoms with E-state index in [-0.39, 0.29) is 11.4 Å². The Balaban J connectivity index is 2.72. The van der Waals surface area contributed by atoms with Crippen LogP contribution in [-0.4, -0.2) is 15.3 Å². The number of nitrogens with zero attached hydrogens (tertiary/aromatic N) is 1. The van der Waals surface area contributed by atoms with Crippen molar-refractivity contribution in [2.75, 3.05) is 0 Å². The number of phenolic OH excluding ortho intramolecular Hbond substituents is 1. The van der Waals surface area contributed by atoms with Gasteiger partial charge in [0, 0.05) is 23.7 Å². The normalized spacial score (nSPS) is 13.0. The molecule has 0 aliphatic heterocycles. The molecule has 0 saturated carbocycles. The minimum absolute atomic E-state index is 0.0583. The molecule has 5 heteroatoms. The van der Waals surface area contributed by atoms with Gasteiger partial charge in [-0.25, -0.2) is 5.21 Å². The highest BCUT2D eigenvalue weighted by Gasteiger charge is 2.07. The molecule has 1 aromatic carbocycles. The van der Waals surface area contributed by atoms with Gasteiger partial charge in [-0.05, 0) is 6.07 Å². The van der Waals surface area contributed by atoms with E-state index in [4.69, 9.17) is 5.21 Å². The van der Waals surface area contributed by atoms with E-state index in [1.807, 2.05) is 0 Å². The Hall–Kier alpha value is -1.69. The molecule has 1 heterocycles. The van der Waals surface area contributed by atoms with Crippen LogP contribution >= 0.6 is 0 Å². The second kappa shape index (κ2) is 3.22. The maximum absolute atomic E-state index is 10.7. The maximum atomic E-state index is 10.7. The SMILES string of the molecule is [O-][NH+](O)c1cc(O)c2ncccc2c1. The standard InChI is InChI=1S/C9H8N2O3/c12-8-5-7(11(13)14)4-6-2-1-3-10-9(6)8/h1-5,11-13H. The maximum Gasteiger partial charge on any atom is 0.168 e. The molecule has 3 N–H and O–H groups in total. The molecule has 0 saturated heterocycles.